The zero-order valence-corrected chi connectivity index (χ0v) is 12.9. The molecule has 0 amide bonds. The van der Waals surface area contributed by atoms with Crippen molar-refractivity contribution in [2.24, 2.45) is 0 Å². The van der Waals surface area contributed by atoms with Gasteiger partial charge in [-0.05, 0) is 6.42 Å². The molecule has 0 N–H and O–H groups in total. The summed E-state index contributed by atoms with van der Waals surface area (Å²) in [5.41, 5.74) is 0. The molecule has 4 heteroatoms. The maximum Gasteiger partial charge on any atom is 0.320 e. The van der Waals surface area contributed by atoms with Gasteiger partial charge in [0.2, 0.25) is 0 Å². The average Bonchev–Trinajstić information content (AvgIpc) is 2.35. The number of Topliss-reactive ketones (excluding diaryl/α,β-unsaturated/α-hetero) is 1. The van der Waals surface area contributed by atoms with Crippen LogP contribution < -0.4 is 0 Å². The predicted octanol–water partition coefficient (Wildman–Crippen LogP) is 3.96. The Bertz CT molecular complexity index is 297. The molecule has 20 heavy (non-hydrogen) atoms. The van der Waals surface area contributed by atoms with Crippen molar-refractivity contribution in [3.8, 4) is 0 Å². The third kappa shape index (κ3) is 13.2. The molecule has 0 unspecified atom stereocenters. The first-order valence-corrected chi connectivity index (χ1v) is 7.79. The monoisotopic (exact) mass is 284 g/mol. The van der Waals surface area contributed by atoms with Crippen molar-refractivity contribution in [1.29, 1.82) is 0 Å². The van der Waals surface area contributed by atoms with Crippen LogP contribution in [0, 0.1) is 0 Å². The Morgan fingerprint density at radius 2 is 1.30 bits per heavy atom. The molecule has 0 aliphatic heterocycles. The maximum atomic E-state index is 11.4. The minimum absolute atomic E-state index is 0.140. The minimum atomic E-state index is -0.738. The summed E-state index contributed by atoms with van der Waals surface area (Å²) in [4.78, 5) is 33.0. The molecule has 4 nitrogen and oxygen atoms in total. The van der Waals surface area contributed by atoms with E-state index in [1.807, 2.05) is 0 Å². The van der Waals surface area contributed by atoms with Crippen LogP contribution in [-0.4, -0.2) is 17.7 Å². The Hall–Kier alpha value is -1.19. The molecular formula is C16H28O4. The fraction of sp³-hybridized carbons (Fsp3) is 0.812. The second kappa shape index (κ2) is 12.8. The SMILES string of the molecule is CCCCCCCCCCCC(=O)CC(=O)OC(C)=O. The lowest BCUT2D eigenvalue weighted by Gasteiger charge is -2.02. The van der Waals surface area contributed by atoms with Gasteiger partial charge in [-0.15, -0.1) is 0 Å². The number of ketones is 1. The van der Waals surface area contributed by atoms with Crippen molar-refractivity contribution >= 4 is 17.7 Å². The third-order valence-corrected chi connectivity index (χ3v) is 3.16. The van der Waals surface area contributed by atoms with Crippen molar-refractivity contribution in [2.45, 2.75) is 84.5 Å². The number of unbranched alkanes of at least 4 members (excludes halogenated alkanes) is 8. The lowest BCUT2D eigenvalue weighted by Crippen LogP contribution is -2.13. The fourth-order valence-corrected chi connectivity index (χ4v) is 2.08. The van der Waals surface area contributed by atoms with Crippen LogP contribution >= 0.6 is 0 Å². The van der Waals surface area contributed by atoms with Crippen LogP contribution in [0.5, 0.6) is 0 Å². The molecule has 0 aromatic rings. The van der Waals surface area contributed by atoms with E-state index in [4.69, 9.17) is 0 Å². The highest BCUT2D eigenvalue weighted by molar-refractivity contribution is 5.98. The molecule has 0 heterocycles. The largest absolute Gasteiger partial charge is 0.393 e. The van der Waals surface area contributed by atoms with E-state index in [0.717, 1.165) is 26.2 Å². The molecule has 0 saturated heterocycles. The maximum absolute atomic E-state index is 11.4. The van der Waals surface area contributed by atoms with E-state index in [1.165, 1.54) is 38.5 Å². The van der Waals surface area contributed by atoms with Gasteiger partial charge in [0.05, 0.1) is 0 Å². The summed E-state index contributed by atoms with van der Waals surface area (Å²) in [6.45, 7) is 3.37. The number of rotatable bonds is 12. The first kappa shape index (κ1) is 18.8. The Kier molecular flexibility index (Phi) is 12.1. The summed E-state index contributed by atoms with van der Waals surface area (Å²) < 4.78 is 4.31. The van der Waals surface area contributed by atoms with E-state index in [-0.39, 0.29) is 12.2 Å². The molecule has 0 aliphatic rings. The molecule has 0 radical (unpaired) electrons. The van der Waals surface area contributed by atoms with E-state index < -0.39 is 11.9 Å². The number of ether oxygens (including phenoxy) is 1. The molecule has 0 aromatic heterocycles. The number of carbonyl (C=O) groups excluding carboxylic acids is 3. The van der Waals surface area contributed by atoms with E-state index in [1.54, 1.807) is 0 Å². The van der Waals surface area contributed by atoms with Crippen LogP contribution in [0.4, 0.5) is 0 Å². The summed E-state index contributed by atoms with van der Waals surface area (Å²) in [6, 6.07) is 0. The first-order chi connectivity index (χ1) is 9.56. The van der Waals surface area contributed by atoms with Gasteiger partial charge in [0, 0.05) is 13.3 Å². The summed E-state index contributed by atoms with van der Waals surface area (Å²) in [7, 11) is 0. The van der Waals surface area contributed by atoms with Gasteiger partial charge in [0.15, 0.2) is 0 Å². The summed E-state index contributed by atoms with van der Waals surface area (Å²) >= 11 is 0. The van der Waals surface area contributed by atoms with Crippen LogP contribution in [-0.2, 0) is 19.1 Å². The molecule has 116 valence electrons. The Labute approximate surface area is 122 Å². The topological polar surface area (TPSA) is 60.4 Å². The second-order valence-corrected chi connectivity index (χ2v) is 5.26. The molecule has 0 atom stereocenters. The second-order valence-electron chi connectivity index (χ2n) is 5.26. The normalized spacial score (nSPS) is 10.3. The van der Waals surface area contributed by atoms with Gasteiger partial charge in [0.25, 0.3) is 0 Å². The molecule has 0 spiro atoms. The lowest BCUT2D eigenvalue weighted by atomic mass is 10.0. The van der Waals surface area contributed by atoms with Crippen LogP contribution in [0.3, 0.4) is 0 Å². The molecule has 0 aliphatic carbocycles. The van der Waals surface area contributed by atoms with Gasteiger partial charge in [-0.1, -0.05) is 58.3 Å². The number of hydrogen-bond donors (Lipinski definition) is 0. The predicted molar refractivity (Wildman–Crippen MR) is 78.2 cm³/mol. The highest BCUT2D eigenvalue weighted by Crippen LogP contribution is 2.11. The molecule has 0 aromatic carbocycles. The standard InChI is InChI=1S/C16H28O4/c1-3-4-5-6-7-8-9-10-11-12-15(18)13-16(19)20-14(2)17/h3-13H2,1-2H3. The van der Waals surface area contributed by atoms with Crippen molar-refractivity contribution < 1.29 is 19.1 Å². The average molecular weight is 284 g/mol. The molecular weight excluding hydrogens is 256 g/mol. The van der Waals surface area contributed by atoms with Gasteiger partial charge in [-0.2, -0.15) is 0 Å². The Morgan fingerprint density at radius 1 is 0.800 bits per heavy atom. The molecule has 0 saturated carbocycles. The van der Waals surface area contributed by atoms with E-state index in [0.29, 0.717) is 6.42 Å². The fourth-order valence-electron chi connectivity index (χ4n) is 2.08. The third-order valence-electron chi connectivity index (χ3n) is 3.16. The van der Waals surface area contributed by atoms with Gasteiger partial charge >= 0.3 is 11.9 Å². The lowest BCUT2D eigenvalue weighted by molar-refractivity contribution is -0.158. The van der Waals surface area contributed by atoms with Crippen LogP contribution in [0.2, 0.25) is 0 Å². The molecule has 0 rings (SSSR count). The van der Waals surface area contributed by atoms with Crippen molar-refractivity contribution in [3.05, 3.63) is 0 Å². The first-order valence-electron chi connectivity index (χ1n) is 7.79. The van der Waals surface area contributed by atoms with Crippen LogP contribution in [0.25, 0.3) is 0 Å². The molecule has 0 bridgehead atoms. The number of hydrogen-bond acceptors (Lipinski definition) is 4. The highest BCUT2D eigenvalue weighted by Gasteiger charge is 2.12. The van der Waals surface area contributed by atoms with Gasteiger partial charge < -0.3 is 4.74 Å². The van der Waals surface area contributed by atoms with Gasteiger partial charge in [-0.3, -0.25) is 14.4 Å². The van der Waals surface area contributed by atoms with E-state index >= 15 is 0 Å². The van der Waals surface area contributed by atoms with E-state index in [9.17, 15) is 14.4 Å². The van der Waals surface area contributed by atoms with Crippen molar-refractivity contribution in [1.82, 2.24) is 0 Å². The zero-order chi connectivity index (χ0) is 15.2. The van der Waals surface area contributed by atoms with Crippen molar-refractivity contribution in [2.75, 3.05) is 0 Å². The number of esters is 2. The summed E-state index contributed by atoms with van der Waals surface area (Å²) in [5.74, 6) is -1.54. The Morgan fingerprint density at radius 3 is 1.80 bits per heavy atom. The highest BCUT2D eigenvalue weighted by atomic mass is 16.6. The Balaban J connectivity index is 3.35. The van der Waals surface area contributed by atoms with Crippen LogP contribution in [0.15, 0.2) is 0 Å². The number of carbonyl (C=O) groups is 3. The van der Waals surface area contributed by atoms with Gasteiger partial charge in [0.1, 0.15) is 12.2 Å². The quantitative estimate of drug-likeness (QED) is 0.309. The molecule has 0 fully saturated rings. The van der Waals surface area contributed by atoms with Gasteiger partial charge in [-0.25, -0.2) is 0 Å². The summed E-state index contributed by atoms with van der Waals surface area (Å²) in [6.07, 6.45) is 10.9. The smallest absolute Gasteiger partial charge is 0.320 e. The zero-order valence-electron chi connectivity index (χ0n) is 12.9. The minimum Gasteiger partial charge on any atom is -0.393 e. The summed E-state index contributed by atoms with van der Waals surface area (Å²) in [5, 5.41) is 0. The van der Waals surface area contributed by atoms with Crippen LogP contribution in [0.1, 0.15) is 84.5 Å². The van der Waals surface area contributed by atoms with E-state index in [2.05, 4.69) is 11.7 Å². The van der Waals surface area contributed by atoms with Crippen molar-refractivity contribution in [3.63, 3.8) is 0 Å².